The third-order valence-electron chi connectivity index (χ3n) is 6.59. The summed E-state index contributed by atoms with van der Waals surface area (Å²) in [5, 5.41) is 44.6. The predicted octanol–water partition coefficient (Wildman–Crippen LogP) is 1.55. The van der Waals surface area contributed by atoms with Crippen LogP contribution in [0.15, 0.2) is 60.7 Å². The number of carbonyl (C=O) groups is 4. The minimum Gasteiger partial charge on any atom is -0.480 e. The lowest BCUT2D eigenvalue weighted by molar-refractivity contribution is -0.193. The Morgan fingerprint density at radius 2 is 1.29 bits per heavy atom. The molecule has 49 heavy (non-hydrogen) atoms. The van der Waals surface area contributed by atoms with E-state index in [-0.39, 0.29) is 25.7 Å². The van der Waals surface area contributed by atoms with Gasteiger partial charge in [0.15, 0.2) is 0 Å². The molecule has 1 aliphatic heterocycles. The van der Waals surface area contributed by atoms with Crippen molar-refractivity contribution in [3.05, 3.63) is 71.8 Å². The Bertz CT molecular complexity index is 1460. The molecule has 3 rings (SSSR count). The topological polar surface area (TPSA) is 257 Å². The second-order valence-electron chi connectivity index (χ2n) is 10.2. The van der Waals surface area contributed by atoms with Crippen LogP contribution in [-0.4, -0.2) is 100 Å². The number of aliphatic carboxylic acids is 3. The number of nitrogens with two attached hydrogens (primary N) is 1. The molecule has 9 N–H and O–H groups in total. The molecule has 1 heterocycles. The molecule has 15 nitrogen and oxygen atoms in total. The molecule has 0 spiro atoms. The number of carboxylic acids is 3. The van der Waals surface area contributed by atoms with Gasteiger partial charge >= 0.3 is 53.6 Å². The molecule has 0 radical (unpaired) electrons. The Morgan fingerprint density at radius 3 is 1.63 bits per heavy atom. The third kappa shape index (κ3) is 13.9. The van der Waals surface area contributed by atoms with Crippen LogP contribution in [0.2, 0.25) is 6.32 Å². The van der Waals surface area contributed by atoms with E-state index >= 15 is 0 Å². The molecule has 0 aromatic heterocycles. The first kappa shape index (κ1) is 42.6. The first-order valence-corrected chi connectivity index (χ1v) is 15.0. The summed E-state index contributed by atoms with van der Waals surface area (Å²) in [6, 6.07) is 16.4. The minimum atomic E-state index is -5.08. The Balaban J connectivity index is 0.000000717. The molecule has 23 heteroatoms. The monoisotopic (exact) mass is 732 g/mol. The largest absolute Gasteiger partial charge is 0.490 e. The van der Waals surface area contributed by atoms with Crippen molar-refractivity contribution in [2.45, 2.75) is 43.1 Å². The predicted molar refractivity (Wildman–Crippen MR) is 157 cm³/mol. The number of nitrogens with zero attached hydrogens (tertiary/aromatic N) is 1. The van der Waals surface area contributed by atoms with Crippen molar-refractivity contribution in [2.24, 2.45) is 11.7 Å². The van der Waals surface area contributed by atoms with E-state index in [2.05, 4.69) is 5.32 Å². The molecule has 0 aliphatic carbocycles. The van der Waals surface area contributed by atoms with Gasteiger partial charge in [0.05, 0.1) is 6.04 Å². The van der Waals surface area contributed by atoms with Gasteiger partial charge in [0.25, 0.3) is 0 Å². The zero-order valence-electron chi connectivity index (χ0n) is 24.9. The maximum atomic E-state index is 13.0. The summed E-state index contributed by atoms with van der Waals surface area (Å²) in [6.45, 7) is -0.758. The maximum Gasteiger partial charge on any atom is 0.490 e. The zero-order chi connectivity index (χ0) is 37.8. The van der Waals surface area contributed by atoms with Crippen LogP contribution < -0.4 is 15.8 Å². The fraction of sp³-hybridized carbons (Fsp3) is 0.385. The number of hydrogen-bond acceptors (Lipinski definition) is 9. The fourth-order valence-corrected chi connectivity index (χ4v) is 5.39. The van der Waals surface area contributed by atoms with E-state index in [4.69, 9.17) is 35.6 Å². The second-order valence-corrected chi connectivity index (χ2v) is 11.9. The second kappa shape index (κ2) is 17.8. The number of hydrogen-bond donors (Lipinski definition) is 8. The molecule has 1 fully saturated rings. The van der Waals surface area contributed by atoms with Gasteiger partial charge in [-0.3, -0.25) is 4.79 Å². The minimum absolute atomic E-state index is 0.0000344. The summed E-state index contributed by atoms with van der Waals surface area (Å²) in [4.78, 5) is 42.4. The molecule has 2 atom stereocenters. The van der Waals surface area contributed by atoms with Crippen LogP contribution in [0.3, 0.4) is 0 Å². The molecule has 0 saturated carbocycles. The van der Waals surface area contributed by atoms with Gasteiger partial charge in [-0.15, -0.1) is 0 Å². The molecule has 1 aliphatic rings. The quantitative estimate of drug-likeness (QED) is 0.128. The molecule has 0 bridgehead atoms. The van der Waals surface area contributed by atoms with Crippen LogP contribution in [0.5, 0.6) is 0 Å². The van der Waals surface area contributed by atoms with Gasteiger partial charge in [-0.2, -0.15) is 39.1 Å². The highest BCUT2D eigenvalue weighted by Crippen LogP contribution is 2.32. The van der Waals surface area contributed by atoms with E-state index < -0.39 is 77.7 Å². The van der Waals surface area contributed by atoms with Gasteiger partial charge in [-0.25, -0.2) is 19.1 Å². The smallest absolute Gasteiger partial charge is 0.480 e. The number of benzene rings is 2. The average molecular weight is 732 g/mol. The number of halogens is 6. The number of alkyl halides is 6. The van der Waals surface area contributed by atoms with Gasteiger partial charge in [-0.1, -0.05) is 67.1 Å². The standard InChI is InChI=1S/C22H29BN4O7S.2C2HF3O2/c24-22(20(28)29)15-27(14-18(22)12-7-13-23(31)32)35(33,34)26-21(30)25-19(16-8-3-1-4-9-16)17-10-5-2-6-11-17;2*3-2(4,5)1(6)7/h1-6,8-11,18-19,31-32H,7,12-15,24H2,(H,28,29)(H2,25,26,30);2*(H,6,7)/t18-,22-;;/m0../s1. The Morgan fingerprint density at radius 1 is 0.878 bits per heavy atom. The van der Waals surface area contributed by atoms with E-state index in [9.17, 15) is 49.5 Å². The number of nitrogens with one attached hydrogen (secondary N) is 2. The normalized spacial score (nSPS) is 17.9. The SMILES string of the molecule is N[C@@]1(C(=O)O)CN(S(=O)(=O)NC(=O)NC(c2ccccc2)c2ccccc2)C[C@@H]1CCCB(O)O.O=C(O)C(F)(F)F.O=C(O)C(F)(F)F. The van der Waals surface area contributed by atoms with Crippen LogP contribution in [0.1, 0.15) is 30.0 Å². The molecule has 272 valence electrons. The van der Waals surface area contributed by atoms with Gasteiger partial charge in [0.2, 0.25) is 0 Å². The first-order valence-electron chi connectivity index (χ1n) is 13.6. The van der Waals surface area contributed by atoms with E-state index in [1.807, 2.05) is 16.9 Å². The van der Waals surface area contributed by atoms with Gasteiger partial charge in [0, 0.05) is 19.0 Å². The van der Waals surface area contributed by atoms with E-state index in [0.717, 1.165) is 15.4 Å². The van der Waals surface area contributed by atoms with Crippen molar-refractivity contribution in [1.82, 2.24) is 14.3 Å². The van der Waals surface area contributed by atoms with Gasteiger partial charge < -0.3 is 36.4 Å². The van der Waals surface area contributed by atoms with Crippen LogP contribution in [0.25, 0.3) is 0 Å². The summed E-state index contributed by atoms with van der Waals surface area (Å²) >= 11 is 0. The summed E-state index contributed by atoms with van der Waals surface area (Å²) in [6.07, 6.45) is -9.76. The van der Waals surface area contributed by atoms with Crippen molar-refractivity contribution in [3.8, 4) is 0 Å². The zero-order valence-corrected chi connectivity index (χ0v) is 25.7. The number of carbonyl (C=O) groups excluding carboxylic acids is 1. The van der Waals surface area contributed by atoms with Crippen molar-refractivity contribution >= 4 is 41.3 Å². The summed E-state index contributed by atoms with van der Waals surface area (Å²) in [5.41, 5.74) is 5.66. The van der Waals surface area contributed by atoms with Crippen molar-refractivity contribution in [2.75, 3.05) is 13.1 Å². The van der Waals surface area contributed by atoms with Gasteiger partial charge in [0.1, 0.15) is 5.54 Å². The fourth-order valence-electron chi connectivity index (χ4n) is 4.21. The van der Waals surface area contributed by atoms with Gasteiger partial charge in [-0.05, 0) is 23.9 Å². The molecule has 0 unspecified atom stereocenters. The Labute approximate surface area is 274 Å². The molecule has 1 saturated heterocycles. The summed E-state index contributed by atoms with van der Waals surface area (Å²) < 4.78 is 92.2. The number of amides is 2. The molecular weight excluding hydrogens is 701 g/mol. The van der Waals surface area contributed by atoms with Crippen LogP contribution in [-0.2, 0) is 24.6 Å². The molecule has 2 aromatic carbocycles. The molecule has 2 amide bonds. The third-order valence-corrected chi connectivity index (χ3v) is 7.99. The lowest BCUT2D eigenvalue weighted by Gasteiger charge is -2.25. The lowest BCUT2D eigenvalue weighted by Crippen LogP contribution is -2.55. The molecule has 2 aromatic rings. The highest BCUT2D eigenvalue weighted by atomic mass is 32.2. The van der Waals surface area contributed by atoms with Crippen LogP contribution in [0, 0.1) is 5.92 Å². The highest BCUT2D eigenvalue weighted by Gasteiger charge is 2.52. The van der Waals surface area contributed by atoms with Crippen molar-refractivity contribution in [3.63, 3.8) is 0 Å². The van der Waals surface area contributed by atoms with Crippen molar-refractivity contribution in [1.29, 1.82) is 0 Å². The van der Waals surface area contributed by atoms with Crippen LogP contribution in [0.4, 0.5) is 31.1 Å². The number of urea groups is 1. The Kier molecular flexibility index (Phi) is 15.5. The molecular formula is C26H31BF6N4O11S. The van der Waals surface area contributed by atoms with E-state index in [1.165, 1.54) is 0 Å². The summed E-state index contributed by atoms with van der Waals surface area (Å²) in [5.74, 6) is -7.66. The van der Waals surface area contributed by atoms with E-state index in [1.54, 1.807) is 48.5 Å². The average Bonchev–Trinajstić information content (AvgIpc) is 3.34. The number of carboxylic acid groups (broad SMARTS) is 3. The van der Waals surface area contributed by atoms with Crippen LogP contribution >= 0.6 is 0 Å². The lowest BCUT2D eigenvalue weighted by atomic mass is 9.78. The van der Waals surface area contributed by atoms with Crippen molar-refractivity contribution < 1.29 is 79.3 Å². The Hall–Kier alpha value is -4.45. The highest BCUT2D eigenvalue weighted by molar-refractivity contribution is 7.87. The maximum absolute atomic E-state index is 13.0. The summed E-state index contributed by atoms with van der Waals surface area (Å²) in [7, 11) is -5.97. The first-order chi connectivity index (χ1) is 22.4. The van der Waals surface area contributed by atoms with E-state index in [0.29, 0.717) is 0 Å². The number of rotatable bonds is 10.